The van der Waals surface area contributed by atoms with Gasteiger partial charge < -0.3 is 4.72 Å². The van der Waals surface area contributed by atoms with E-state index in [0.29, 0.717) is 11.7 Å². The average Bonchev–Trinajstić information content (AvgIpc) is 2.64. The summed E-state index contributed by atoms with van der Waals surface area (Å²) in [6, 6.07) is 2.32. The Morgan fingerprint density at radius 1 is 1.27 bits per heavy atom. The van der Waals surface area contributed by atoms with Gasteiger partial charge in [-0.05, 0) is 61.0 Å². The third-order valence-electron chi connectivity index (χ3n) is 3.99. The highest BCUT2D eigenvalue weighted by molar-refractivity contribution is 7.98. The van der Waals surface area contributed by atoms with Crippen molar-refractivity contribution < 1.29 is 0 Å². The highest BCUT2D eigenvalue weighted by atomic mass is 32.2. The largest absolute Gasteiger partial charge is 0.330 e. The van der Waals surface area contributed by atoms with Crippen molar-refractivity contribution in [3.05, 3.63) is 36.6 Å². The predicted molar refractivity (Wildman–Crippen MR) is 120 cm³/mol. The molecule has 1 heterocycles. The molecule has 0 aromatic rings. The van der Waals surface area contributed by atoms with E-state index in [1.807, 2.05) is 33.8 Å². The van der Waals surface area contributed by atoms with Gasteiger partial charge in [-0.1, -0.05) is 61.6 Å². The fraction of sp³-hybridized carbons (Fsp3) is 0.682. The Kier molecular flexibility index (Phi) is 16.7. The summed E-state index contributed by atoms with van der Waals surface area (Å²) in [5.41, 5.74) is 2.30. The van der Waals surface area contributed by atoms with E-state index in [4.69, 9.17) is 5.26 Å². The molecule has 0 aromatic heterocycles. The van der Waals surface area contributed by atoms with Crippen LogP contribution < -0.4 is 4.72 Å². The van der Waals surface area contributed by atoms with Gasteiger partial charge in [0, 0.05) is 23.9 Å². The minimum absolute atomic E-state index is 0.199. The van der Waals surface area contributed by atoms with Gasteiger partial charge in [-0.15, -0.1) is 0 Å². The smallest absolute Gasteiger partial charge is 0.0627 e. The Morgan fingerprint density at radius 2 is 1.81 bits per heavy atom. The van der Waals surface area contributed by atoms with Crippen molar-refractivity contribution in [3.8, 4) is 6.07 Å². The number of hydrogen-bond acceptors (Lipinski definition) is 4. The molecule has 0 aliphatic carbocycles. The summed E-state index contributed by atoms with van der Waals surface area (Å²) in [5, 5.41) is 9.43. The van der Waals surface area contributed by atoms with Crippen LogP contribution in [0.15, 0.2) is 36.6 Å². The molecular formula is C22H41N3S. The van der Waals surface area contributed by atoms with Crippen LogP contribution in [0.25, 0.3) is 0 Å². The molecule has 3 nitrogen and oxygen atoms in total. The summed E-state index contributed by atoms with van der Waals surface area (Å²) in [6.45, 7) is 25.5. The lowest BCUT2D eigenvalue weighted by Gasteiger charge is -2.38. The molecule has 0 atom stereocenters. The van der Waals surface area contributed by atoms with E-state index in [2.05, 4.69) is 55.7 Å². The SMILES string of the molecule is C=C/C(=C\C(=C)CN1CCC(C)(CC#N)CC1)NSC(C)C.CC.CC. The number of hydrogen-bond donors (Lipinski definition) is 1. The summed E-state index contributed by atoms with van der Waals surface area (Å²) < 4.78 is 3.31. The second-order valence-corrected chi connectivity index (χ2v) is 8.04. The van der Waals surface area contributed by atoms with Crippen LogP contribution in [0, 0.1) is 16.7 Å². The minimum atomic E-state index is 0.199. The van der Waals surface area contributed by atoms with Crippen LogP contribution in [0.1, 0.15) is 67.7 Å². The molecule has 150 valence electrons. The number of nitrogens with zero attached hydrogens (tertiary/aromatic N) is 2. The molecule has 0 amide bonds. The fourth-order valence-electron chi connectivity index (χ4n) is 2.49. The molecule has 1 saturated heterocycles. The minimum Gasteiger partial charge on any atom is -0.330 e. The van der Waals surface area contributed by atoms with Crippen LogP contribution >= 0.6 is 11.9 Å². The first-order chi connectivity index (χ1) is 12.4. The summed E-state index contributed by atoms with van der Waals surface area (Å²) in [5.74, 6) is 0. The van der Waals surface area contributed by atoms with Crippen molar-refractivity contribution in [2.24, 2.45) is 5.41 Å². The average molecular weight is 380 g/mol. The number of piperidine rings is 1. The lowest BCUT2D eigenvalue weighted by Crippen LogP contribution is -2.39. The van der Waals surface area contributed by atoms with Crippen molar-refractivity contribution in [1.29, 1.82) is 5.26 Å². The molecule has 1 aliphatic heterocycles. The molecule has 0 radical (unpaired) electrons. The van der Waals surface area contributed by atoms with E-state index in [0.717, 1.165) is 43.7 Å². The second-order valence-electron chi connectivity index (χ2n) is 6.65. The Balaban J connectivity index is 0. The normalized spacial score (nSPS) is 16.3. The number of allylic oxidation sites excluding steroid dienone is 1. The summed E-state index contributed by atoms with van der Waals surface area (Å²) in [7, 11) is 0. The van der Waals surface area contributed by atoms with Gasteiger partial charge >= 0.3 is 0 Å². The quantitative estimate of drug-likeness (QED) is 0.395. The molecule has 0 saturated carbocycles. The van der Waals surface area contributed by atoms with Gasteiger partial charge in [0.15, 0.2) is 0 Å². The molecule has 1 fully saturated rings. The van der Waals surface area contributed by atoms with Gasteiger partial charge in [0.1, 0.15) is 0 Å². The zero-order valence-corrected chi connectivity index (χ0v) is 19.0. The first kappa shape index (κ1) is 27.0. The lowest BCUT2D eigenvalue weighted by atomic mass is 9.78. The number of nitriles is 1. The van der Waals surface area contributed by atoms with Crippen molar-refractivity contribution in [1.82, 2.24) is 9.62 Å². The summed E-state index contributed by atoms with van der Waals surface area (Å²) in [4.78, 5) is 2.42. The topological polar surface area (TPSA) is 39.1 Å². The molecule has 0 spiro atoms. The van der Waals surface area contributed by atoms with Gasteiger partial charge in [0.2, 0.25) is 0 Å². The maximum Gasteiger partial charge on any atom is 0.0627 e. The van der Waals surface area contributed by atoms with E-state index >= 15 is 0 Å². The molecule has 0 aromatic carbocycles. The van der Waals surface area contributed by atoms with Crippen LogP contribution in [-0.2, 0) is 0 Å². The number of rotatable bonds is 8. The van der Waals surface area contributed by atoms with E-state index < -0.39 is 0 Å². The molecule has 4 heteroatoms. The standard InChI is InChI=1S/C18H29N3S.2C2H6/c1-6-17(20-22-15(2)3)13-16(4)14-21-11-8-18(5,7-10-19)9-12-21;2*1-2/h6,13,15,20H,1,4,7-9,11-12,14H2,2-3,5H3;2*1-2H3/b17-13+;;. The highest BCUT2D eigenvalue weighted by Crippen LogP contribution is 2.34. The Morgan fingerprint density at radius 3 is 2.23 bits per heavy atom. The number of nitrogens with one attached hydrogen (secondary N) is 1. The molecule has 26 heavy (non-hydrogen) atoms. The van der Waals surface area contributed by atoms with Crippen molar-refractivity contribution in [3.63, 3.8) is 0 Å². The van der Waals surface area contributed by atoms with Crippen molar-refractivity contribution in [2.75, 3.05) is 19.6 Å². The van der Waals surface area contributed by atoms with Gasteiger partial charge in [0.05, 0.1) is 6.07 Å². The molecule has 0 unspecified atom stereocenters. The lowest BCUT2D eigenvalue weighted by molar-refractivity contribution is 0.130. The second kappa shape index (κ2) is 16.0. The van der Waals surface area contributed by atoms with Crippen molar-refractivity contribution in [2.45, 2.75) is 73.0 Å². The molecular weight excluding hydrogens is 338 g/mol. The van der Waals surface area contributed by atoms with Crippen molar-refractivity contribution >= 4 is 11.9 Å². The highest BCUT2D eigenvalue weighted by Gasteiger charge is 2.29. The molecule has 1 aliphatic rings. The molecule has 1 rings (SSSR count). The maximum absolute atomic E-state index is 8.91. The van der Waals surface area contributed by atoms with Crippen LogP contribution in [0.2, 0.25) is 0 Å². The molecule has 0 bridgehead atoms. The van der Waals surface area contributed by atoms with E-state index in [1.165, 1.54) is 0 Å². The first-order valence-corrected chi connectivity index (χ1v) is 10.8. The van der Waals surface area contributed by atoms with Gasteiger partial charge in [-0.2, -0.15) is 5.26 Å². The Bertz CT molecular complexity index is 452. The van der Waals surface area contributed by atoms with Gasteiger partial charge in [0.25, 0.3) is 0 Å². The molecule has 1 N–H and O–H groups in total. The zero-order valence-electron chi connectivity index (χ0n) is 18.2. The Labute approximate surface area is 167 Å². The Hall–Kier alpha value is -1.18. The first-order valence-electron chi connectivity index (χ1n) is 9.91. The maximum atomic E-state index is 8.91. The van der Waals surface area contributed by atoms with E-state index in [-0.39, 0.29) is 5.41 Å². The third kappa shape index (κ3) is 12.2. The zero-order chi connectivity index (χ0) is 20.6. The van der Waals surface area contributed by atoms with E-state index in [9.17, 15) is 0 Å². The van der Waals surface area contributed by atoms with Gasteiger partial charge in [-0.25, -0.2) is 0 Å². The van der Waals surface area contributed by atoms with E-state index in [1.54, 1.807) is 11.9 Å². The van der Waals surface area contributed by atoms with Crippen LogP contribution in [0.4, 0.5) is 0 Å². The van der Waals surface area contributed by atoms with Crippen LogP contribution in [0.3, 0.4) is 0 Å². The van der Waals surface area contributed by atoms with Crippen LogP contribution in [-0.4, -0.2) is 29.8 Å². The summed E-state index contributed by atoms with van der Waals surface area (Å²) >= 11 is 1.68. The van der Waals surface area contributed by atoms with Gasteiger partial charge in [-0.3, -0.25) is 4.90 Å². The number of likely N-dealkylation sites (tertiary alicyclic amines) is 1. The predicted octanol–water partition coefficient (Wildman–Crippen LogP) is 6.33. The third-order valence-corrected chi connectivity index (χ3v) is 4.81. The fourth-order valence-corrected chi connectivity index (χ4v) is 3.00. The summed E-state index contributed by atoms with van der Waals surface area (Å²) in [6.07, 6.45) is 6.76. The van der Waals surface area contributed by atoms with Crippen LogP contribution in [0.5, 0.6) is 0 Å². The monoisotopic (exact) mass is 379 g/mol.